The number of nitrogens with zero attached hydrogens (tertiary/aromatic N) is 3. The molecule has 76 heavy (non-hydrogen) atoms. The minimum Gasteiger partial charge on any atom is -0.748 e. The average molecular weight is 1080 g/mol. The Hall–Kier alpha value is -6.19. The number of carbonyl (C=O) groups excluding carboxylic acids is 6. The molecule has 0 saturated carbocycles. The summed E-state index contributed by atoms with van der Waals surface area (Å²) in [4.78, 5) is 83.5. The number of quaternary nitrogens is 1. The number of morpholine rings is 1. The monoisotopic (exact) mass is 1070 g/mol. The Morgan fingerprint density at radius 1 is 0.816 bits per heavy atom. The van der Waals surface area contributed by atoms with Gasteiger partial charge in [0, 0.05) is 43.4 Å². The number of aromatic amines is 1. The van der Waals surface area contributed by atoms with Crippen LogP contribution in [0.5, 0.6) is 11.5 Å². The third-order valence-electron chi connectivity index (χ3n) is 13.0. The lowest BCUT2D eigenvalue weighted by atomic mass is 9.87. The molecule has 2 fully saturated rings. The fourth-order valence-corrected chi connectivity index (χ4v) is 9.15. The van der Waals surface area contributed by atoms with Crippen molar-refractivity contribution in [2.45, 2.75) is 125 Å². The van der Waals surface area contributed by atoms with Crippen molar-refractivity contribution in [2.24, 2.45) is 23.7 Å². The first-order valence-corrected chi connectivity index (χ1v) is 27.3. The molecular weight excluding hydrogens is 997 g/mol. The van der Waals surface area contributed by atoms with Gasteiger partial charge in [-0.05, 0) is 80.2 Å². The summed E-state index contributed by atoms with van der Waals surface area (Å²) in [7, 11) is -3.92. The molecule has 20 heteroatoms. The van der Waals surface area contributed by atoms with Crippen LogP contribution in [0, 0.1) is 23.7 Å². The number of hydrogen-bond acceptors (Lipinski definition) is 15. The highest BCUT2D eigenvalue weighted by Gasteiger charge is 2.50. The van der Waals surface area contributed by atoms with Crippen LogP contribution in [0.25, 0.3) is 0 Å². The first kappa shape index (κ1) is 62.4. The standard InChI is InChI=1S/C54H70N6O10.CH4O3S.CH4/c1-36(2)25-46(48(63)30-43(27-40-15-11-8-12-16-40)53(66)57-47(26-37(3)4)51(64)54(6)35-69-54)56-52(65)42(19-17-39-13-9-7-10-14-39)29-45(62)33-60(21-23-67-24-22-60)32-41-18-20-49(70-38(5)61)50(28-41)68-34-44-31-55-59-58-44;1-5(2,3)4;/h7-16,18,20,28,31,36-37,42-43,46-47H,17,19,21-27,29-30,32-35H2,1-6H3,(H2-,55,56,57,58,59,65,66);1H3,(H,2,3,4);1H4/t42-,43-,46+,47+,54-;;/m1../s1. The second-order valence-electron chi connectivity index (χ2n) is 20.8. The molecule has 5 atom stereocenters. The van der Waals surface area contributed by atoms with E-state index in [0.29, 0.717) is 87.3 Å². The molecule has 0 unspecified atom stereocenters. The van der Waals surface area contributed by atoms with Gasteiger partial charge in [0.2, 0.25) is 11.8 Å². The minimum absolute atomic E-state index is 0. The number of carbonyl (C=O) groups is 6. The van der Waals surface area contributed by atoms with Gasteiger partial charge in [-0.2, -0.15) is 15.4 Å². The Balaban J connectivity index is 0.00000198. The van der Waals surface area contributed by atoms with Crippen LogP contribution in [-0.2, 0) is 74.4 Å². The lowest BCUT2D eigenvalue weighted by Crippen LogP contribution is -2.57. The molecule has 1 aromatic heterocycles. The molecule has 3 N–H and O–H groups in total. The summed E-state index contributed by atoms with van der Waals surface area (Å²) in [6.07, 6.45) is 3.83. The van der Waals surface area contributed by atoms with Crippen LogP contribution in [0.15, 0.2) is 85.1 Å². The highest BCUT2D eigenvalue weighted by molar-refractivity contribution is 7.84. The van der Waals surface area contributed by atoms with E-state index in [4.69, 9.17) is 31.9 Å². The quantitative estimate of drug-likeness (QED) is 0.0197. The topological polar surface area (TPSA) is 265 Å². The molecular formula is C56H78N6O13S. The van der Waals surface area contributed by atoms with E-state index in [-0.39, 0.29) is 74.8 Å². The number of rotatable bonds is 28. The Kier molecular flexibility index (Phi) is 24.1. The SMILES string of the molecule is C.CC(=O)Oc1ccc(C[N+]2(CC(=O)C[C@@H](CCc3ccccc3)C(=O)N[C@@H](CC(C)C)C(=O)C[C@@H](Cc3ccccc3)C(=O)N[C@@H](CC(C)C)C(=O)[C@@]3(C)CO3)CCOCC2)cc1OCc1cn[nH]n1.CS(=O)(=O)[O-]. The van der Waals surface area contributed by atoms with Crippen molar-refractivity contribution in [1.82, 2.24) is 26.0 Å². The molecule has 416 valence electrons. The van der Waals surface area contributed by atoms with Gasteiger partial charge >= 0.3 is 5.97 Å². The minimum atomic E-state index is -3.92. The number of hydrogen-bond donors (Lipinski definition) is 3. The normalized spacial score (nSPS) is 17.3. The average Bonchev–Trinajstić information content (AvgIpc) is 3.87. The highest BCUT2D eigenvalue weighted by atomic mass is 32.2. The summed E-state index contributed by atoms with van der Waals surface area (Å²) < 4.78 is 50.4. The number of ketones is 3. The molecule has 19 nitrogen and oxygen atoms in total. The van der Waals surface area contributed by atoms with E-state index in [9.17, 15) is 28.8 Å². The molecule has 2 saturated heterocycles. The number of aromatic nitrogens is 3. The van der Waals surface area contributed by atoms with E-state index in [2.05, 4.69) is 26.0 Å². The smallest absolute Gasteiger partial charge is 0.308 e. The van der Waals surface area contributed by atoms with Gasteiger partial charge in [0.1, 0.15) is 44.1 Å². The molecule has 0 radical (unpaired) electrons. The Labute approximate surface area is 447 Å². The van der Waals surface area contributed by atoms with Gasteiger partial charge in [-0.1, -0.05) is 95.8 Å². The molecule has 2 aliphatic heterocycles. The molecule has 4 aromatic rings. The molecule has 3 heterocycles. The van der Waals surface area contributed by atoms with Gasteiger partial charge in [0.15, 0.2) is 28.8 Å². The summed E-state index contributed by atoms with van der Waals surface area (Å²) in [5, 5.41) is 16.5. The van der Waals surface area contributed by atoms with E-state index >= 15 is 0 Å². The van der Waals surface area contributed by atoms with Gasteiger partial charge in [0.25, 0.3) is 0 Å². The van der Waals surface area contributed by atoms with E-state index in [0.717, 1.165) is 16.7 Å². The first-order chi connectivity index (χ1) is 35.5. The van der Waals surface area contributed by atoms with E-state index in [1.54, 1.807) is 19.1 Å². The van der Waals surface area contributed by atoms with Crippen molar-refractivity contribution < 1.29 is 65.2 Å². The van der Waals surface area contributed by atoms with Crippen molar-refractivity contribution in [3.63, 3.8) is 0 Å². The molecule has 0 bridgehead atoms. The van der Waals surface area contributed by atoms with Gasteiger partial charge < -0.3 is 38.6 Å². The van der Waals surface area contributed by atoms with Gasteiger partial charge in [-0.25, -0.2) is 8.42 Å². The predicted octanol–water partition coefficient (Wildman–Crippen LogP) is 5.90. The number of amides is 2. The lowest BCUT2D eigenvalue weighted by molar-refractivity contribution is -0.940. The summed E-state index contributed by atoms with van der Waals surface area (Å²) in [5.74, 6) is -2.75. The first-order valence-electron chi connectivity index (χ1n) is 25.5. The van der Waals surface area contributed by atoms with Gasteiger partial charge in [-0.15, -0.1) is 0 Å². The molecule has 6 rings (SSSR count). The molecule has 2 amide bonds. The summed E-state index contributed by atoms with van der Waals surface area (Å²) in [6, 6.07) is 22.9. The van der Waals surface area contributed by atoms with Crippen LogP contribution in [0.2, 0.25) is 0 Å². The fourth-order valence-electron chi connectivity index (χ4n) is 9.15. The van der Waals surface area contributed by atoms with Crippen molar-refractivity contribution in [3.8, 4) is 11.5 Å². The van der Waals surface area contributed by atoms with E-state index in [1.807, 2.05) is 94.4 Å². The van der Waals surface area contributed by atoms with Crippen molar-refractivity contribution in [3.05, 3.63) is 107 Å². The Morgan fingerprint density at radius 3 is 1.96 bits per heavy atom. The second kappa shape index (κ2) is 29.4. The predicted molar refractivity (Wildman–Crippen MR) is 283 cm³/mol. The number of aryl methyl sites for hydroxylation is 1. The van der Waals surface area contributed by atoms with Crippen LogP contribution >= 0.6 is 0 Å². The number of H-pyrrole nitrogens is 1. The van der Waals surface area contributed by atoms with Crippen LogP contribution in [-0.4, -0.2) is 131 Å². The zero-order chi connectivity index (χ0) is 54.8. The zero-order valence-electron chi connectivity index (χ0n) is 44.2. The largest absolute Gasteiger partial charge is 0.748 e. The Bertz CT molecular complexity index is 2610. The summed E-state index contributed by atoms with van der Waals surface area (Å²) in [6.45, 7) is 13.9. The summed E-state index contributed by atoms with van der Waals surface area (Å²) in [5.41, 5.74) is 2.35. The van der Waals surface area contributed by atoms with Crippen LogP contribution in [0.1, 0.15) is 103 Å². The maximum Gasteiger partial charge on any atom is 0.308 e. The number of benzene rings is 3. The van der Waals surface area contributed by atoms with Crippen LogP contribution in [0.3, 0.4) is 0 Å². The van der Waals surface area contributed by atoms with Crippen LogP contribution < -0.4 is 20.1 Å². The number of Topliss-reactive ketones (excluding diaryl/α,β-unsaturated/α-hetero) is 3. The van der Waals surface area contributed by atoms with Crippen molar-refractivity contribution in [1.29, 1.82) is 0 Å². The summed E-state index contributed by atoms with van der Waals surface area (Å²) >= 11 is 0. The third-order valence-corrected chi connectivity index (χ3v) is 13.0. The van der Waals surface area contributed by atoms with Crippen molar-refractivity contribution >= 4 is 45.3 Å². The van der Waals surface area contributed by atoms with E-state index < -0.39 is 57.4 Å². The number of ether oxygens (including phenoxy) is 4. The molecule has 0 spiro atoms. The van der Waals surface area contributed by atoms with Gasteiger partial charge in [0.05, 0.1) is 48.2 Å². The Morgan fingerprint density at radius 2 is 1.39 bits per heavy atom. The van der Waals surface area contributed by atoms with Crippen molar-refractivity contribution in [2.75, 3.05) is 45.7 Å². The third kappa shape index (κ3) is 21.4. The maximum absolute atomic E-state index is 14.7. The lowest BCUT2D eigenvalue weighted by Gasteiger charge is -2.41. The molecule has 0 aliphatic carbocycles. The molecule has 2 aliphatic rings. The highest BCUT2D eigenvalue weighted by Crippen LogP contribution is 2.33. The van der Waals surface area contributed by atoms with E-state index in [1.165, 1.54) is 13.1 Å². The second-order valence-corrected chi connectivity index (χ2v) is 22.2. The zero-order valence-corrected chi connectivity index (χ0v) is 45.0. The number of nitrogens with one attached hydrogen (secondary N) is 3. The maximum atomic E-state index is 14.7. The fraction of sp³-hybridized carbons (Fsp3) is 0.536. The van der Waals surface area contributed by atoms with Crippen LogP contribution in [0.4, 0.5) is 0 Å². The molecule has 3 aromatic carbocycles. The number of esters is 1. The number of epoxide rings is 1. The van der Waals surface area contributed by atoms with Gasteiger partial charge in [-0.3, -0.25) is 28.8 Å².